The van der Waals surface area contributed by atoms with Gasteiger partial charge in [0.25, 0.3) is 0 Å². The molecule has 112 valence electrons. The van der Waals surface area contributed by atoms with Gasteiger partial charge in [0.15, 0.2) is 0 Å². The van der Waals surface area contributed by atoms with Crippen molar-refractivity contribution in [3.8, 4) is 0 Å². The summed E-state index contributed by atoms with van der Waals surface area (Å²) in [7, 11) is -0.706. The second-order valence-corrected chi connectivity index (χ2v) is 7.59. The Hall–Kier alpha value is -0.670. The summed E-state index contributed by atoms with van der Waals surface area (Å²) >= 11 is 0. The highest BCUT2D eigenvalue weighted by Crippen LogP contribution is 2.24. The molecule has 2 unspecified atom stereocenters. The first-order valence-corrected chi connectivity index (χ1v) is 9.26. The Morgan fingerprint density at radius 2 is 1.85 bits per heavy atom. The molecule has 1 aromatic carbocycles. The number of rotatable bonds is 6. The Labute approximate surface area is 125 Å². The summed E-state index contributed by atoms with van der Waals surface area (Å²) in [6.45, 7) is 5.14. The fourth-order valence-corrected chi connectivity index (χ4v) is 4.72. The maximum atomic E-state index is 12.6. The Morgan fingerprint density at radius 1 is 1.20 bits per heavy atom. The Kier molecular flexibility index (Phi) is 6.24. The van der Waals surface area contributed by atoms with Crippen LogP contribution < -0.4 is 5.32 Å². The largest absolute Gasteiger partial charge is 0.309 e. The van der Waals surface area contributed by atoms with Crippen molar-refractivity contribution in [2.45, 2.75) is 57.2 Å². The summed E-state index contributed by atoms with van der Waals surface area (Å²) in [5, 5.41) is 3.92. The lowest BCUT2D eigenvalue weighted by molar-refractivity contribution is 0.501. The maximum absolute atomic E-state index is 12.6. The SMILES string of the molecule is CCNC(CS(=O)C1CCCCC1)c1ccc(C)cc1. The molecule has 1 aliphatic rings. The van der Waals surface area contributed by atoms with Crippen molar-refractivity contribution in [1.29, 1.82) is 0 Å². The summed E-state index contributed by atoms with van der Waals surface area (Å²) in [6, 6.07) is 8.84. The summed E-state index contributed by atoms with van der Waals surface area (Å²) in [5.74, 6) is 0.752. The zero-order chi connectivity index (χ0) is 14.4. The Morgan fingerprint density at radius 3 is 2.45 bits per heavy atom. The summed E-state index contributed by atoms with van der Waals surface area (Å²) in [6.07, 6.45) is 6.14. The van der Waals surface area contributed by atoms with Crippen LogP contribution in [-0.4, -0.2) is 21.8 Å². The molecule has 0 spiro atoms. The van der Waals surface area contributed by atoms with E-state index in [1.54, 1.807) is 0 Å². The molecule has 2 rings (SSSR count). The highest BCUT2D eigenvalue weighted by atomic mass is 32.2. The lowest BCUT2D eigenvalue weighted by atomic mass is 10.0. The highest BCUT2D eigenvalue weighted by molar-refractivity contribution is 7.85. The van der Waals surface area contributed by atoms with Gasteiger partial charge in [-0.2, -0.15) is 0 Å². The second kappa shape index (κ2) is 7.94. The lowest BCUT2D eigenvalue weighted by Crippen LogP contribution is -2.30. The molecule has 1 fully saturated rings. The van der Waals surface area contributed by atoms with E-state index in [1.807, 2.05) is 0 Å². The minimum atomic E-state index is -0.706. The smallest absolute Gasteiger partial charge is 0.0436 e. The third-order valence-corrected chi connectivity index (χ3v) is 6.06. The second-order valence-electron chi connectivity index (χ2n) is 5.83. The fourth-order valence-electron chi connectivity index (χ4n) is 2.95. The fraction of sp³-hybridized carbons (Fsp3) is 0.647. The van der Waals surface area contributed by atoms with Crippen LogP contribution in [0.25, 0.3) is 0 Å². The molecule has 3 heteroatoms. The molecule has 2 atom stereocenters. The molecule has 0 saturated heterocycles. The van der Waals surface area contributed by atoms with Crippen molar-refractivity contribution in [3.05, 3.63) is 35.4 Å². The van der Waals surface area contributed by atoms with Gasteiger partial charge in [-0.05, 0) is 31.9 Å². The molecular formula is C17H27NOS. The number of hydrogen-bond acceptors (Lipinski definition) is 2. The van der Waals surface area contributed by atoms with Gasteiger partial charge >= 0.3 is 0 Å². The zero-order valence-electron chi connectivity index (χ0n) is 12.7. The quantitative estimate of drug-likeness (QED) is 0.866. The van der Waals surface area contributed by atoms with Gasteiger partial charge in [0.2, 0.25) is 0 Å². The number of aryl methyl sites for hydroxylation is 1. The predicted octanol–water partition coefficient (Wildman–Crippen LogP) is 3.73. The van der Waals surface area contributed by atoms with E-state index in [-0.39, 0.29) is 6.04 Å². The van der Waals surface area contributed by atoms with Crippen molar-refractivity contribution >= 4 is 10.8 Å². The third-order valence-electron chi connectivity index (χ3n) is 4.19. The van der Waals surface area contributed by atoms with Gasteiger partial charge in [-0.3, -0.25) is 4.21 Å². The first kappa shape index (κ1) is 15.7. The topological polar surface area (TPSA) is 29.1 Å². The van der Waals surface area contributed by atoms with E-state index in [0.717, 1.165) is 25.1 Å². The molecular weight excluding hydrogens is 266 g/mol. The molecule has 0 heterocycles. The van der Waals surface area contributed by atoms with Crippen LogP contribution in [0.15, 0.2) is 24.3 Å². The van der Waals surface area contributed by atoms with E-state index in [9.17, 15) is 4.21 Å². The lowest BCUT2D eigenvalue weighted by Gasteiger charge is -2.24. The van der Waals surface area contributed by atoms with Crippen molar-refractivity contribution in [1.82, 2.24) is 5.32 Å². The normalized spacial score (nSPS) is 19.7. The zero-order valence-corrected chi connectivity index (χ0v) is 13.5. The third kappa shape index (κ3) is 4.42. The van der Waals surface area contributed by atoms with E-state index in [1.165, 1.54) is 30.4 Å². The molecule has 1 aliphatic carbocycles. The van der Waals surface area contributed by atoms with Gasteiger partial charge in [0.05, 0.1) is 0 Å². The molecule has 0 aliphatic heterocycles. The molecule has 1 N–H and O–H groups in total. The van der Waals surface area contributed by atoms with E-state index in [0.29, 0.717) is 5.25 Å². The summed E-state index contributed by atoms with van der Waals surface area (Å²) in [5.41, 5.74) is 2.54. The molecule has 0 amide bonds. The van der Waals surface area contributed by atoms with Crippen molar-refractivity contribution in [2.24, 2.45) is 0 Å². The van der Waals surface area contributed by atoms with Crippen LogP contribution in [0.2, 0.25) is 0 Å². The molecule has 0 bridgehead atoms. The Bertz CT molecular complexity index is 423. The van der Waals surface area contributed by atoms with Crippen LogP contribution in [-0.2, 0) is 10.8 Å². The van der Waals surface area contributed by atoms with Crippen molar-refractivity contribution in [2.75, 3.05) is 12.3 Å². The van der Waals surface area contributed by atoms with Gasteiger partial charge < -0.3 is 5.32 Å². The molecule has 1 aromatic rings. The van der Waals surface area contributed by atoms with Crippen LogP contribution >= 0.6 is 0 Å². The van der Waals surface area contributed by atoms with Gasteiger partial charge in [0, 0.05) is 27.8 Å². The molecule has 0 aromatic heterocycles. The highest BCUT2D eigenvalue weighted by Gasteiger charge is 2.23. The van der Waals surface area contributed by atoms with E-state index >= 15 is 0 Å². The summed E-state index contributed by atoms with van der Waals surface area (Å²) < 4.78 is 12.6. The summed E-state index contributed by atoms with van der Waals surface area (Å²) in [4.78, 5) is 0. The predicted molar refractivity (Wildman–Crippen MR) is 87.5 cm³/mol. The van der Waals surface area contributed by atoms with E-state index in [2.05, 4.69) is 43.4 Å². The van der Waals surface area contributed by atoms with Gasteiger partial charge in [-0.25, -0.2) is 0 Å². The standard InChI is InChI=1S/C17H27NOS/c1-3-18-17(15-11-9-14(2)10-12-15)13-20(19)16-7-5-4-6-8-16/h9-12,16-18H,3-8,13H2,1-2H3. The van der Waals surface area contributed by atoms with Gasteiger partial charge in [0.1, 0.15) is 0 Å². The average molecular weight is 293 g/mol. The minimum Gasteiger partial charge on any atom is -0.309 e. The monoisotopic (exact) mass is 293 g/mol. The van der Waals surface area contributed by atoms with Crippen LogP contribution in [0.1, 0.15) is 56.2 Å². The van der Waals surface area contributed by atoms with Crippen LogP contribution in [0.5, 0.6) is 0 Å². The van der Waals surface area contributed by atoms with Gasteiger partial charge in [-0.1, -0.05) is 56.0 Å². The molecule has 20 heavy (non-hydrogen) atoms. The van der Waals surface area contributed by atoms with Crippen LogP contribution in [0, 0.1) is 6.92 Å². The first-order chi connectivity index (χ1) is 9.70. The van der Waals surface area contributed by atoms with Crippen molar-refractivity contribution in [3.63, 3.8) is 0 Å². The van der Waals surface area contributed by atoms with E-state index in [4.69, 9.17) is 0 Å². The number of hydrogen-bond donors (Lipinski definition) is 1. The first-order valence-electron chi connectivity index (χ1n) is 7.88. The van der Waals surface area contributed by atoms with E-state index < -0.39 is 10.8 Å². The van der Waals surface area contributed by atoms with Gasteiger partial charge in [-0.15, -0.1) is 0 Å². The Balaban J connectivity index is 2.01. The molecule has 0 radical (unpaired) electrons. The number of benzene rings is 1. The molecule has 2 nitrogen and oxygen atoms in total. The van der Waals surface area contributed by atoms with Crippen LogP contribution in [0.4, 0.5) is 0 Å². The number of nitrogens with one attached hydrogen (secondary N) is 1. The minimum absolute atomic E-state index is 0.225. The maximum Gasteiger partial charge on any atom is 0.0436 e. The van der Waals surface area contributed by atoms with Crippen molar-refractivity contribution < 1.29 is 4.21 Å². The molecule has 1 saturated carbocycles. The average Bonchev–Trinajstić information content (AvgIpc) is 2.48. The van der Waals surface area contributed by atoms with Crippen LogP contribution in [0.3, 0.4) is 0 Å².